The number of ether oxygens (including phenoxy) is 1. The molecule has 0 aromatic carbocycles. The number of aliphatic hydroxyl groups is 3. The lowest BCUT2D eigenvalue weighted by Crippen LogP contribution is -2.15. The largest absolute Gasteiger partial charge is 0.474 e. The highest BCUT2D eigenvalue weighted by Gasteiger charge is 1.93. The molecule has 4 heteroatoms. The van der Waals surface area contributed by atoms with Crippen molar-refractivity contribution in [1.82, 2.24) is 0 Å². The van der Waals surface area contributed by atoms with Gasteiger partial charge in [-0.3, -0.25) is 0 Å². The lowest BCUT2D eigenvalue weighted by molar-refractivity contribution is 0.0450. The Morgan fingerprint density at radius 3 is 1.55 bits per heavy atom. The van der Waals surface area contributed by atoms with E-state index in [9.17, 15) is 0 Å². The van der Waals surface area contributed by atoms with Gasteiger partial charge in [-0.2, -0.15) is 0 Å². The Kier molecular flexibility index (Phi) is 13.8. The topological polar surface area (TPSA) is 69.9 Å². The first-order chi connectivity index (χ1) is 5.22. The maximum atomic E-state index is 8.17. The van der Waals surface area contributed by atoms with Gasteiger partial charge in [0.1, 0.15) is 6.10 Å². The third kappa shape index (κ3) is 17.6. The molecule has 4 nitrogen and oxygen atoms in total. The summed E-state index contributed by atoms with van der Waals surface area (Å²) in [6.07, 6.45) is 1.67. The van der Waals surface area contributed by atoms with Crippen LogP contribution in [-0.4, -0.2) is 34.6 Å². The van der Waals surface area contributed by atoms with Crippen molar-refractivity contribution in [1.29, 1.82) is 0 Å². The highest BCUT2D eigenvalue weighted by molar-refractivity contribution is 4.57. The first-order valence-electron chi connectivity index (χ1n) is 3.00. The van der Waals surface area contributed by atoms with E-state index in [0.717, 1.165) is 0 Å². The molecule has 11 heavy (non-hydrogen) atoms. The van der Waals surface area contributed by atoms with Crippen molar-refractivity contribution in [2.24, 2.45) is 0 Å². The predicted octanol–water partition coefficient (Wildman–Crippen LogP) is -0.378. The van der Waals surface area contributed by atoms with Crippen LogP contribution in [0.1, 0.15) is 0 Å². The molecular weight excluding hydrogens is 148 g/mol. The third-order valence-electron chi connectivity index (χ3n) is 0.614. The lowest BCUT2D eigenvalue weighted by Gasteiger charge is -1.96. The Hall–Kier alpha value is -0.840. The molecule has 0 saturated heterocycles. The molecule has 3 N–H and O–H groups in total. The normalized spacial score (nSPS) is 8.00. The molecule has 0 fully saturated rings. The summed E-state index contributed by atoms with van der Waals surface area (Å²) in [5, 5.41) is 24.0. The van der Waals surface area contributed by atoms with Crippen molar-refractivity contribution in [2.75, 3.05) is 13.2 Å². The number of rotatable bonds is 4. The summed E-state index contributed by atoms with van der Waals surface area (Å²) in [6.45, 7) is 5.78. The summed E-state index contributed by atoms with van der Waals surface area (Å²) in [4.78, 5) is 0. The minimum atomic E-state index is -0.954. The van der Waals surface area contributed by atoms with Crippen molar-refractivity contribution in [3.8, 4) is 0 Å². The Morgan fingerprint density at radius 1 is 1.18 bits per heavy atom. The monoisotopic (exact) mass is 162 g/mol. The molecule has 0 heterocycles. The summed E-state index contributed by atoms with van der Waals surface area (Å²) < 4.78 is 4.36. The first kappa shape index (κ1) is 12.8. The third-order valence-corrected chi connectivity index (χ3v) is 0.614. The molecule has 0 saturated carbocycles. The zero-order valence-electron chi connectivity index (χ0n) is 6.31. The molecule has 0 aliphatic heterocycles. The van der Waals surface area contributed by atoms with Crippen molar-refractivity contribution < 1.29 is 20.1 Å². The molecule has 0 aromatic rings. The maximum Gasteiger partial charge on any atom is 0.100 e. The zero-order valence-corrected chi connectivity index (χ0v) is 6.31. The van der Waals surface area contributed by atoms with E-state index in [1.165, 1.54) is 12.5 Å². The van der Waals surface area contributed by atoms with Gasteiger partial charge in [0.15, 0.2) is 0 Å². The fourth-order valence-corrected chi connectivity index (χ4v) is 0.126. The van der Waals surface area contributed by atoms with Gasteiger partial charge < -0.3 is 20.1 Å². The van der Waals surface area contributed by atoms with Gasteiger partial charge in [0.2, 0.25) is 0 Å². The predicted molar refractivity (Wildman–Crippen MR) is 41.7 cm³/mol. The SMILES string of the molecule is C=COC=C.OCC(O)CO. The van der Waals surface area contributed by atoms with Gasteiger partial charge in [0.25, 0.3) is 0 Å². The average molecular weight is 162 g/mol. The average Bonchev–Trinajstić information content (AvgIpc) is 2.06. The Labute approximate surface area is 66.1 Å². The van der Waals surface area contributed by atoms with E-state index in [4.69, 9.17) is 15.3 Å². The molecule has 0 bridgehead atoms. The molecule has 66 valence electrons. The van der Waals surface area contributed by atoms with Gasteiger partial charge in [-0.15, -0.1) is 0 Å². The van der Waals surface area contributed by atoms with E-state index in [-0.39, 0.29) is 13.2 Å². The molecule has 0 aliphatic carbocycles. The van der Waals surface area contributed by atoms with Crippen LogP contribution in [0.2, 0.25) is 0 Å². The fourth-order valence-electron chi connectivity index (χ4n) is 0.126. The van der Waals surface area contributed by atoms with Crippen LogP contribution in [0.25, 0.3) is 0 Å². The van der Waals surface area contributed by atoms with Crippen molar-refractivity contribution >= 4 is 0 Å². The van der Waals surface area contributed by atoms with E-state index < -0.39 is 6.10 Å². The fraction of sp³-hybridized carbons (Fsp3) is 0.429. The van der Waals surface area contributed by atoms with Gasteiger partial charge in [-0.05, 0) is 0 Å². The molecule has 0 radical (unpaired) electrons. The van der Waals surface area contributed by atoms with Crippen LogP contribution in [0.15, 0.2) is 25.7 Å². The minimum Gasteiger partial charge on any atom is -0.474 e. The van der Waals surface area contributed by atoms with Crippen LogP contribution in [0.5, 0.6) is 0 Å². The zero-order chi connectivity index (χ0) is 9.11. The molecule has 0 amide bonds. The van der Waals surface area contributed by atoms with E-state index in [0.29, 0.717) is 0 Å². The molecule has 0 spiro atoms. The van der Waals surface area contributed by atoms with Crippen LogP contribution in [-0.2, 0) is 4.74 Å². The Bertz CT molecular complexity index is 82.4. The first-order valence-corrected chi connectivity index (χ1v) is 3.00. The second-order valence-electron chi connectivity index (χ2n) is 1.49. The highest BCUT2D eigenvalue weighted by Crippen LogP contribution is 1.71. The van der Waals surface area contributed by atoms with Crippen LogP contribution in [0.4, 0.5) is 0 Å². The summed E-state index contributed by atoms with van der Waals surface area (Å²) >= 11 is 0. The lowest BCUT2D eigenvalue weighted by atomic mass is 10.4. The van der Waals surface area contributed by atoms with Gasteiger partial charge in [-0.25, -0.2) is 0 Å². The van der Waals surface area contributed by atoms with E-state index in [1.54, 1.807) is 0 Å². The van der Waals surface area contributed by atoms with Crippen LogP contribution in [0, 0.1) is 0 Å². The molecule has 0 atom stereocenters. The van der Waals surface area contributed by atoms with E-state index in [2.05, 4.69) is 17.9 Å². The summed E-state index contributed by atoms with van der Waals surface area (Å²) in [5.74, 6) is 0. The molecular formula is C7H14O4. The number of aliphatic hydroxyl groups excluding tert-OH is 3. The standard InChI is InChI=1S/C4H6O.C3H8O3/c1-3-5-4-2;4-1-3(6)2-5/h3-4H,1-2H2;3-6H,1-2H2. The van der Waals surface area contributed by atoms with E-state index in [1.807, 2.05) is 0 Å². The minimum absolute atomic E-state index is 0.365. The smallest absolute Gasteiger partial charge is 0.100 e. The van der Waals surface area contributed by atoms with Crippen LogP contribution >= 0.6 is 0 Å². The van der Waals surface area contributed by atoms with Gasteiger partial charge in [-0.1, -0.05) is 13.2 Å². The van der Waals surface area contributed by atoms with Gasteiger partial charge in [0.05, 0.1) is 25.7 Å². The highest BCUT2D eigenvalue weighted by atomic mass is 16.5. The maximum absolute atomic E-state index is 8.17. The van der Waals surface area contributed by atoms with Crippen molar-refractivity contribution in [3.63, 3.8) is 0 Å². The van der Waals surface area contributed by atoms with Crippen molar-refractivity contribution in [3.05, 3.63) is 25.7 Å². The van der Waals surface area contributed by atoms with Crippen molar-refractivity contribution in [2.45, 2.75) is 6.10 Å². The number of hydrogen-bond donors (Lipinski definition) is 3. The molecule has 0 rings (SSSR count). The quantitative estimate of drug-likeness (QED) is 0.493. The molecule has 0 unspecified atom stereocenters. The van der Waals surface area contributed by atoms with E-state index >= 15 is 0 Å². The molecule has 0 aromatic heterocycles. The van der Waals surface area contributed by atoms with Crippen LogP contribution < -0.4 is 0 Å². The second-order valence-corrected chi connectivity index (χ2v) is 1.49. The number of hydrogen-bond acceptors (Lipinski definition) is 4. The van der Waals surface area contributed by atoms with Crippen LogP contribution in [0.3, 0.4) is 0 Å². The summed E-state index contributed by atoms with van der Waals surface area (Å²) in [7, 11) is 0. The summed E-state index contributed by atoms with van der Waals surface area (Å²) in [6, 6.07) is 0. The van der Waals surface area contributed by atoms with Gasteiger partial charge in [0, 0.05) is 0 Å². The summed E-state index contributed by atoms with van der Waals surface area (Å²) in [5.41, 5.74) is 0. The second kappa shape index (κ2) is 11.9. The Morgan fingerprint density at radius 2 is 1.55 bits per heavy atom. The van der Waals surface area contributed by atoms with Gasteiger partial charge >= 0.3 is 0 Å². The Balaban J connectivity index is 0. The molecule has 0 aliphatic rings.